The number of likely N-dealkylation sites (tertiary alicyclic amines) is 1. The highest BCUT2D eigenvalue weighted by Gasteiger charge is 2.39. The maximum absolute atomic E-state index is 12.5. The molecule has 0 saturated carbocycles. The van der Waals surface area contributed by atoms with Gasteiger partial charge < -0.3 is 10.0 Å². The molecule has 1 aliphatic rings. The van der Waals surface area contributed by atoms with Crippen LogP contribution < -0.4 is 0 Å². The molecule has 2 atom stereocenters. The van der Waals surface area contributed by atoms with Gasteiger partial charge in [-0.2, -0.15) is 0 Å². The van der Waals surface area contributed by atoms with Crippen LogP contribution in [0, 0.1) is 5.92 Å². The molecular weight excluding hydrogens is 302 g/mol. The molecule has 1 amide bonds. The Morgan fingerprint density at radius 2 is 1.75 bits per heavy atom. The van der Waals surface area contributed by atoms with E-state index in [0.29, 0.717) is 18.8 Å². The second kappa shape index (κ2) is 6.87. The van der Waals surface area contributed by atoms with Crippen molar-refractivity contribution in [3.05, 3.63) is 71.3 Å². The number of amides is 1. The van der Waals surface area contributed by atoms with Crippen molar-refractivity contribution in [1.29, 1.82) is 0 Å². The van der Waals surface area contributed by atoms with Crippen LogP contribution >= 0.6 is 0 Å². The molecule has 2 aromatic rings. The van der Waals surface area contributed by atoms with Crippen molar-refractivity contribution in [2.75, 3.05) is 6.54 Å². The standard InChI is InChI=1S/C20H21NO3/c1-14-13-21(19(14)16-5-3-2-4-6-16)18(22)12-9-15-7-10-17(11-8-15)20(23)24/h2-8,10-11,14,19H,9,12-13H2,1H3,(H,23,24)/t14-,19+/m0/s1. The number of hydrogen-bond donors (Lipinski definition) is 1. The zero-order chi connectivity index (χ0) is 17.1. The van der Waals surface area contributed by atoms with Crippen molar-refractivity contribution in [2.45, 2.75) is 25.8 Å². The van der Waals surface area contributed by atoms with E-state index in [0.717, 1.165) is 12.1 Å². The Hall–Kier alpha value is -2.62. The zero-order valence-corrected chi connectivity index (χ0v) is 13.7. The number of aryl methyl sites for hydroxylation is 1. The van der Waals surface area contributed by atoms with Crippen molar-refractivity contribution in [3.8, 4) is 0 Å². The maximum Gasteiger partial charge on any atom is 0.335 e. The van der Waals surface area contributed by atoms with E-state index in [-0.39, 0.29) is 17.5 Å². The lowest BCUT2D eigenvalue weighted by Gasteiger charge is -2.47. The SMILES string of the molecule is C[C@H]1CN(C(=O)CCc2ccc(C(=O)O)cc2)[C@H]1c1ccccc1. The van der Waals surface area contributed by atoms with Gasteiger partial charge in [-0.25, -0.2) is 4.79 Å². The lowest BCUT2D eigenvalue weighted by Crippen LogP contribution is -2.51. The number of aromatic carboxylic acids is 1. The summed E-state index contributed by atoms with van der Waals surface area (Å²) in [6.45, 7) is 2.97. The summed E-state index contributed by atoms with van der Waals surface area (Å²) in [5, 5.41) is 8.91. The molecule has 0 bridgehead atoms. The van der Waals surface area contributed by atoms with Crippen molar-refractivity contribution in [3.63, 3.8) is 0 Å². The first kappa shape index (κ1) is 16.2. The van der Waals surface area contributed by atoms with Crippen LogP contribution in [-0.4, -0.2) is 28.4 Å². The molecule has 0 spiro atoms. The van der Waals surface area contributed by atoms with Gasteiger partial charge in [-0.15, -0.1) is 0 Å². The van der Waals surface area contributed by atoms with Gasteiger partial charge in [0.2, 0.25) is 5.91 Å². The van der Waals surface area contributed by atoms with Crippen molar-refractivity contribution < 1.29 is 14.7 Å². The smallest absolute Gasteiger partial charge is 0.335 e. The highest BCUT2D eigenvalue weighted by Crippen LogP contribution is 2.38. The summed E-state index contributed by atoms with van der Waals surface area (Å²) in [6.07, 6.45) is 1.08. The lowest BCUT2D eigenvalue weighted by atomic mass is 9.84. The number of hydrogen-bond acceptors (Lipinski definition) is 2. The van der Waals surface area contributed by atoms with Gasteiger partial charge in [0, 0.05) is 13.0 Å². The van der Waals surface area contributed by atoms with Crippen LogP contribution in [0.1, 0.15) is 40.9 Å². The van der Waals surface area contributed by atoms with Gasteiger partial charge in [0.05, 0.1) is 11.6 Å². The van der Waals surface area contributed by atoms with Crippen LogP contribution in [0.4, 0.5) is 0 Å². The molecule has 124 valence electrons. The summed E-state index contributed by atoms with van der Waals surface area (Å²) in [5.41, 5.74) is 2.44. The predicted octanol–water partition coefficient (Wildman–Crippen LogP) is 3.54. The van der Waals surface area contributed by atoms with Crippen LogP contribution in [0.5, 0.6) is 0 Å². The maximum atomic E-state index is 12.5. The van der Waals surface area contributed by atoms with E-state index in [9.17, 15) is 9.59 Å². The number of benzene rings is 2. The van der Waals surface area contributed by atoms with Gasteiger partial charge in [0.15, 0.2) is 0 Å². The van der Waals surface area contributed by atoms with Crippen LogP contribution in [0.15, 0.2) is 54.6 Å². The predicted molar refractivity (Wildman–Crippen MR) is 91.8 cm³/mol. The fourth-order valence-electron chi connectivity index (χ4n) is 3.32. The molecule has 4 nitrogen and oxygen atoms in total. The number of carbonyl (C=O) groups excluding carboxylic acids is 1. The first-order valence-corrected chi connectivity index (χ1v) is 8.23. The second-order valence-electron chi connectivity index (χ2n) is 6.38. The normalized spacial score (nSPS) is 19.6. The van der Waals surface area contributed by atoms with Gasteiger partial charge >= 0.3 is 5.97 Å². The summed E-state index contributed by atoms with van der Waals surface area (Å²) in [5.74, 6) is -0.298. The molecule has 0 unspecified atom stereocenters. The summed E-state index contributed by atoms with van der Waals surface area (Å²) in [7, 11) is 0. The molecule has 3 rings (SSSR count). The average molecular weight is 323 g/mol. The minimum Gasteiger partial charge on any atom is -0.478 e. The molecule has 0 aliphatic carbocycles. The number of carbonyl (C=O) groups is 2. The topological polar surface area (TPSA) is 57.6 Å². The van der Waals surface area contributed by atoms with Gasteiger partial charge in [-0.1, -0.05) is 49.4 Å². The number of rotatable bonds is 5. The number of carboxylic acid groups (broad SMARTS) is 1. The fraction of sp³-hybridized carbons (Fsp3) is 0.300. The Kier molecular flexibility index (Phi) is 4.65. The Bertz CT molecular complexity index is 724. The Morgan fingerprint density at radius 1 is 1.08 bits per heavy atom. The van der Waals surface area contributed by atoms with Crippen LogP contribution in [0.3, 0.4) is 0 Å². The van der Waals surface area contributed by atoms with Gasteiger partial charge in [0.25, 0.3) is 0 Å². The van der Waals surface area contributed by atoms with E-state index in [2.05, 4.69) is 19.1 Å². The van der Waals surface area contributed by atoms with Crippen LogP contribution in [-0.2, 0) is 11.2 Å². The molecule has 24 heavy (non-hydrogen) atoms. The minimum atomic E-state index is -0.933. The van der Waals surface area contributed by atoms with E-state index in [1.165, 1.54) is 5.56 Å². The molecule has 1 saturated heterocycles. The van der Waals surface area contributed by atoms with E-state index in [1.807, 2.05) is 23.1 Å². The molecule has 0 aromatic heterocycles. The number of nitrogens with zero attached hydrogens (tertiary/aromatic N) is 1. The summed E-state index contributed by atoms with van der Waals surface area (Å²) >= 11 is 0. The van der Waals surface area contributed by atoms with E-state index in [1.54, 1.807) is 24.3 Å². The molecular formula is C20H21NO3. The van der Waals surface area contributed by atoms with Gasteiger partial charge in [-0.3, -0.25) is 4.79 Å². The molecule has 1 heterocycles. The molecule has 2 aromatic carbocycles. The first-order valence-electron chi connectivity index (χ1n) is 8.23. The third kappa shape index (κ3) is 3.32. The Morgan fingerprint density at radius 3 is 2.33 bits per heavy atom. The molecule has 1 N–H and O–H groups in total. The Labute approximate surface area is 141 Å². The largest absolute Gasteiger partial charge is 0.478 e. The second-order valence-corrected chi connectivity index (χ2v) is 6.38. The van der Waals surface area contributed by atoms with Crippen LogP contribution in [0.2, 0.25) is 0 Å². The van der Waals surface area contributed by atoms with Gasteiger partial charge in [-0.05, 0) is 35.6 Å². The van der Waals surface area contributed by atoms with Crippen LogP contribution in [0.25, 0.3) is 0 Å². The highest BCUT2D eigenvalue weighted by molar-refractivity contribution is 5.87. The average Bonchev–Trinajstić information content (AvgIpc) is 2.58. The van der Waals surface area contributed by atoms with E-state index >= 15 is 0 Å². The summed E-state index contributed by atoms with van der Waals surface area (Å²) in [6, 6.07) is 17.1. The molecule has 4 heteroatoms. The van der Waals surface area contributed by atoms with E-state index < -0.39 is 5.97 Å². The monoisotopic (exact) mass is 323 g/mol. The molecule has 1 aliphatic heterocycles. The minimum absolute atomic E-state index is 0.157. The van der Waals surface area contributed by atoms with Crippen molar-refractivity contribution in [1.82, 2.24) is 4.90 Å². The third-order valence-corrected chi connectivity index (χ3v) is 4.65. The van der Waals surface area contributed by atoms with Crippen molar-refractivity contribution >= 4 is 11.9 Å². The highest BCUT2D eigenvalue weighted by atomic mass is 16.4. The molecule has 0 radical (unpaired) electrons. The van der Waals surface area contributed by atoms with E-state index in [4.69, 9.17) is 5.11 Å². The first-order chi connectivity index (χ1) is 11.6. The Balaban J connectivity index is 1.60. The third-order valence-electron chi connectivity index (χ3n) is 4.65. The molecule has 1 fully saturated rings. The summed E-state index contributed by atoms with van der Waals surface area (Å²) in [4.78, 5) is 25.3. The van der Waals surface area contributed by atoms with Crippen molar-refractivity contribution in [2.24, 2.45) is 5.92 Å². The fourth-order valence-corrected chi connectivity index (χ4v) is 3.32. The zero-order valence-electron chi connectivity index (χ0n) is 13.7. The number of carboxylic acids is 1. The quantitative estimate of drug-likeness (QED) is 0.915. The van der Waals surface area contributed by atoms with Gasteiger partial charge in [0.1, 0.15) is 0 Å². The lowest BCUT2D eigenvalue weighted by molar-refractivity contribution is -0.143. The summed E-state index contributed by atoms with van der Waals surface area (Å²) < 4.78 is 0.